The number of carbonyl (C=O) groups is 2. The molecule has 1 atom stereocenters. The molecule has 33 heavy (non-hydrogen) atoms. The zero-order valence-corrected chi connectivity index (χ0v) is 17.3. The number of aliphatic imine (C=N–C) groups is 1. The molecule has 3 amide bonds. The second-order valence-electron chi connectivity index (χ2n) is 7.18. The molecule has 0 fully saturated rings. The first-order valence-electron chi connectivity index (χ1n) is 9.86. The van der Waals surface area contributed by atoms with Crippen molar-refractivity contribution in [2.75, 3.05) is 17.3 Å². The maximum atomic E-state index is 14.6. The highest BCUT2D eigenvalue weighted by Gasteiger charge is 2.31. The van der Waals surface area contributed by atoms with Gasteiger partial charge >= 0.3 is 6.03 Å². The molecule has 0 spiro atoms. The van der Waals surface area contributed by atoms with Crippen molar-refractivity contribution in [1.82, 2.24) is 5.32 Å². The Hall–Kier alpha value is -4.58. The lowest BCUT2D eigenvalue weighted by atomic mass is 10.00. The number of nitrogens with zero attached hydrogens (tertiary/aromatic N) is 3. The average Bonchev–Trinajstić information content (AvgIpc) is 2.90. The van der Waals surface area contributed by atoms with Gasteiger partial charge in [-0.15, -0.1) is 0 Å². The van der Waals surface area contributed by atoms with Crippen molar-refractivity contribution in [3.63, 3.8) is 0 Å². The van der Waals surface area contributed by atoms with Gasteiger partial charge in [0.1, 0.15) is 17.7 Å². The van der Waals surface area contributed by atoms with Crippen LogP contribution < -0.4 is 15.5 Å². The lowest BCUT2D eigenvalue weighted by Gasteiger charge is -2.21. The Labute approximate surface area is 188 Å². The first kappa shape index (κ1) is 21.6. The summed E-state index contributed by atoms with van der Waals surface area (Å²) in [5.74, 6) is -1.87. The van der Waals surface area contributed by atoms with Gasteiger partial charge in [0.05, 0.1) is 17.0 Å². The number of benzene rings is 3. The fourth-order valence-corrected chi connectivity index (χ4v) is 3.46. The molecule has 9 heteroatoms. The SMILES string of the molecule is CN1C(=O)C(NC(=O)Nc2ccc(C#N)c(F)c2)N=C(c2ccccc2F)c2ccccc21. The van der Waals surface area contributed by atoms with E-state index in [-0.39, 0.29) is 22.5 Å². The van der Waals surface area contributed by atoms with E-state index < -0.39 is 29.7 Å². The van der Waals surface area contributed by atoms with Gasteiger partial charge in [0.25, 0.3) is 5.91 Å². The fourth-order valence-electron chi connectivity index (χ4n) is 3.46. The Balaban J connectivity index is 1.69. The Bertz CT molecular complexity index is 1330. The number of benzodiazepines with no additional fused rings is 1. The van der Waals surface area contributed by atoms with E-state index in [1.54, 1.807) is 42.5 Å². The molecule has 0 radical (unpaired) electrons. The van der Waals surface area contributed by atoms with E-state index in [9.17, 15) is 18.4 Å². The van der Waals surface area contributed by atoms with Crippen molar-refractivity contribution in [2.24, 2.45) is 4.99 Å². The van der Waals surface area contributed by atoms with Crippen LogP contribution in [0.25, 0.3) is 0 Å². The summed E-state index contributed by atoms with van der Waals surface area (Å²) >= 11 is 0. The number of rotatable bonds is 3. The summed E-state index contributed by atoms with van der Waals surface area (Å²) in [5.41, 5.74) is 1.32. The standard InChI is InChI=1S/C24H17F2N5O2/c1-31-20-9-5-3-7-17(20)21(16-6-2-4-8-18(16)25)29-22(23(31)32)30-24(33)28-15-11-10-14(13-27)19(26)12-15/h2-12,22H,1H3,(H2,28,30,33). The normalized spacial score (nSPS) is 15.1. The van der Waals surface area contributed by atoms with Crippen LogP contribution in [0.3, 0.4) is 0 Å². The van der Waals surface area contributed by atoms with Crippen molar-refractivity contribution >= 4 is 29.0 Å². The zero-order valence-electron chi connectivity index (χ0n) is 17.3. The fraction of sp³-hybridized carbons (Fsp3) is 0.0833. The first-order chi connectivity index (χ1) is 15.9. The second-order valence-corrected chi connectivity index (χ2v) is 7.18. The molecule has 4 rings (SSSR count). The third-order valence-electron chi connectivity index (χ3n) is 5.09. The Morgan fingerprint density at radius 3 is 2.42 bits per heavy atom. The predicted octanol–water partition coefficient (Wildman–Crippen LogP) is 3.80. The Morgan fingerprint density at radius 2 is 1.73 bits per heavy atom. The summed E-state index contributed by atoms with van der Waals surface area (Å²) < 4.78 is 28.5. The van der Waals surface area contributed by atoms with Crippen molar-refractivity contribution in [3.05, 3.63) is 95.1 Å². The Kier molecular flexibility index (Phi) is 5.83. The summed E-state index contributed by atoms with van der Waals surface area (Å²) in [6, 6.07) is 17.3. The third kappa shape index (κ3) is 4.27. The van der Waals surface area contributed by atoms with Gasteiger partial charge < -0.3 is 15.5 Å². The van der Waals surface area contributed by atoms with Gasteiger partial charge in [-0.3, -0.25) is 4.79 Å². The molecule has 1 aliphatic rings. The highest BCUT2D eigenvalue weighted by Crippen LogP contribution is 2.28. The summed E-state index contributed by atoms with van der Waals surface area (Å²) in [6.07, 6.45) is -1.37. The molecule has 0 saturated heterocycles. The average molecular weight is 445 g/mol. The van der Waals surface area contributed by atoms with Crippen molar-refractivity contribution in [3.8, 4) is 6.07 Å². The molecular formula is C24H17F2N5O2. The van der Waals surface area contributed by atoms with Crippen LogP contribution in [0.15, 0.2) is 71.7 Å². The molecule has 2 N–H and O–H groups in total. The number of nitrogens with one attached hydrogen (secondary N) is 2. The second kappa shape index (κ2) is 8.88. The number of likely N-dealkylation sites (N-methyl/N-ethyl adjacent to an activating group) is 1. The highest BCUT2D eigenvalue weighted by molar-refractivity contribution is 6.20. The lowest BCUT2D eigenvalue weighted by Crippen LogP contribution is -2.47. The smallest absolute Gasteiger partial charge is 0.311 e. The van der Waals surface area contributed by atoms with E-state index in [0.29, 0.717) is 11.3 Å². The number of halogens is 2. The largest absolute Gasteiger partial charge is 0.321 e. The maximum absolute atomic E-state index is 14.6. The molecule has 0 aliphatic carbocycles. The van der Waals surface area contributed by atoms with Gasteiger partial charge in [-0.1, -0.05) is 30.3 Å². The quantitative estimate of drug-likeness (QED) is 0.642. The summed E-state index contributed by atoms with van der Waals surface area (Å²) in [6.45, 7) is 0. The molecular weight excluding hydrogens is 428 g/mol. The van der Waals surface area contributed by atoms with E-state index in [2.05, 4.69) is 15.6 Å². The number of fused-ring (bicyclic) bond motifs is 1. The number of nitriles is 1. The van der Waals surface area contributed by atoms with E-state index in [4.69, 9.17) is 5.26 Å². The maximum Gasteiger partial charge on any atom is 0.321 e. The van der Waals surface area contributed by atoms with E-state index >= 15 is 0 Å². The van der Waals surface area contributed by atoms with E-state index in [1.807, 2.05) is 0 Å². The molecule has 0 saturated carbocycles. The number of anilines is 2. The minimum Gasteiger partial charge on any atom is -0.311 e. The molecule has 7 nitrogen and oxygen atoms in total. The number of urea groups is 1. The molecule has 1 aliphatic heterocycles. The monoisotopic (exact) mass is 445 g/mol. The molecule has 0 aromatic heterocycles. The van der Waals surface area contributed by atoms with Crippen LogP contribution in [0.2, 0.25) is 0 Å². The lowest BCUT2D eigenvalue weighted by molar-refractivity contribution is -0.119. The number of carbonyl (C=O) groups excluding carboxylic acids is 2. The topological polar surface area (TPSA) is 97.6 Å². The van der Waals surface area contributed by atoms with E-state index in [1.165, 1.54) is 36.2 Å². The van der Waals surface area contributed by atoms with Gasteiger partial charge in [-0.25, -0.2) is 18.6 Å². The van der Waals surface area contributed by atoms with Crippen molar-refractivity contribution in [1.29, 1.82) is 5.26 Å². The molecule has 0 bridgehead atoms. The molecule has 1 heterocycles. The predicted molar refractivity (Wildman–Crippen MR) is 119 cm³/mol. The van der Waals surface area contributed by atoms with Crippen LogP contribution in [0.1, 0.15) is 16.7 Å². The zero-order chi connectivity index (χ0) is 23.5. The minimum atomic E-state index is -1.37. The van der Waals surface area contributed by atoms with E-state index in [0.717, 1.165) is 6.07 Å². The minimum absolute atomic E-state index is 0.0834. The van der Waals surface area contributed by atoms with Crippen molar-refractivity contribution < 1.29 is 18.4 Å². The molecule has 3 aromatic carbocycles. The van der Waals surface area contributed by atoms with Crippen molar-refractivity contribution in [2.45, 2.75) is 6.17 Å². The number of para-hydroxylation sites is 1. The van der Waals surface area contributed by atoms with Gasteiger partial charge in [0.2, 0.25) is 6.17 Å². The highest BCUT2D eigenvalue weighted by atomic mass is 19.1. The van der Waals surface area contributed by atoms with Crippen LogP contribution in [0.5, 0.6) is 0 Å². The van der Waals surface area contributed by atoms with Gasteiger partial charge in [-0.05, 0) is 36.4 Å². The molecule has 1 unspecified atom stereocenters. The van der Waals surface area contributed by atoms with Gasteiger partial charge in [-0.2, -0.15) is 5.26 Å². The number of hydrogen-bond acceptors (Lipinski definition) is 4. The van der Waals surface area contributed by atoms with Gasteiger partial charge in [0.15, 0.2) is 0 Å². The summed E-state index contributed by atoms with van der Waals surface area (Å²) in [5, 5.41) is 13.7. The summed E-state index contributed by atoms with van der Waals surface area (Å²) in [4.78, 5) is 31.4. The van der Waals surface area contributed by atoms with Crippen LogP contribution in [0.4, 0.5) is 25.0 Å². The molecule has 3 aromatic rings. The first-order valence-corrected chi connectivity index (χ1v) is 9.86. The number of amides is 3. The van der Waals surface area contributed by atoms with Crippen LogP contribution in [0, 0.1) is 23.0 Å². The van der Waals surface area contributed by atoms with Gasteiger partial charge in [0, 0.05) is 23.9 Å². The van der Waals surface area contributed by atoms with Crippen LogP contribution in [-0.4, -0.2) is 30.9 Å². The molecule has 164 valence electrons. The Morgan fingerprint density at radius 1 is 1.03 bits per heavy atom. The summed E-state index contributed by atoms with van der Waals surface area (Å²) in [7, 11) is 1.53. The number of hydrogen-bond donors (Lipinski definition) is 2. The van der Waals surface area contributed by atoms with Crippen LogP contribution in [-0.2, 0) is 4.79 Å². The third-order valence-corrected chi connectivity index (χ3v) is 5.09. The van der Waals surface area contributed by atoms with Crippen LogP contribution >= 0.6 is 0 Å².